The summed E-state index contributed by atoms with van der Waals surface area (Å²) in [5.74, 6) is -1.11. The molecule has 1 N–H and O–H groups in total. The molecule has 0 aliphatic carbocycles. The molecular formula is C32H29NO4. The zero-order valence-electron chi connectivity index (χ0n) is 21.4. The number of rotatable bonds is 4. The van der Waals surface area contributed by atoms with E-state index >= 15 is 0 Å². The fourth-order valence-electron chi connectivity index (χ4n) is 4.98. The number of Topliss-reactive ketones (excluding diaryl/α,β-unsaturated/α-hetero) is 1. The van der Waals surface area contributed by atoms with E-state index in [1.807, 2.05) is 78.9 Å². The van der Waals surface area contributed by atoms with Crippen molar-refractivity contribution in [3.63, 3.8) is 0 Å². The fraction of sp³-hybridized carbons (Fsp3) is 0.188. The number of ether oxygens (including phenoxy) is 1. The number of hydrogen-bond acceptors (Lipinski definition) is 4. The Morgan fingerprint density at radius 2 is 1.49 bits per heavy atom. The van der Waals surface area contributed by atoms with Crippen LogP contribution in [0.15, 0.2) is 96.6 Å². The lowest BCUT2D eigenvalue weighted by molar-refractivity contribution is -0.132. The Balaban J connectivity index is 1.76. The number of para-hydroxylation sites is 1. The molecule has 4 aromatic rings. The summed E-state index contributed by atoms with van der Waals surface area (Å²) in [6.45, 7) is 6.35. The summed E-state index contributed by atoms with van der Waals surface area (Å²) >= 11 is 0. The summed E-state index contributed by atoms with van der Waals surface area (Å²) in [5.41, 5.74) is 2.76. The van der Waals surface area contributed by atoms with E-state index in [0.717, 1.165) is 16.3 Å². The van der Waals surface area contributed by atoms with Crippen LogP contribution in [-0.2, 0) is 15.0 Å². The summed E-state index contributed by atoms with van der Waals surface area (Å²) < 4.78 is 5.63. The lowest BCUT2D eigenvalue weighted by Crippen LogP contribution is -2.29. The average molecular weight is 492 g/mol. The Bertz CT molecular complexity index is 1540. The van der Waals surface area contributed by atoms with Crippen molar-refractivity contribution in [1.82, 2.24) is 0 Å². The minimum absolute atomic E-state index is 0.0331. The van der Waals surface area contributed by atoms with Gasteiger partial charge >= 0.3 is 0 Å². The van der Waals surface area contributed by atoms with Crippen LogP contribution < -0.4 is 9.64 Å². The number of hydrogen-bond donors (Lipinski definition) is 1. The summed E-state index contributed by atoms with van der Waals surface area (Å²) in [6.07, 6.45) is 0. The number of methoxy groups -OCH3 is 1. The van der Waals surface area contributed by atoms with Gasteiger partial charge in [0.25, 0.3) is 11.7 Å². The summed E-state index contributed by atoms with van der Waals surface area (Å²) in [5, 5.41) is 13.4. The highest BCUT2D eigenvalue weighted by atomic mass is 16.5. The van der Waals surface area contributed by atoms with Crippen molar-refractivity contribution in [2.24, 2.45) is 0 Å². The highest BCUT2D eigenvalue weighted by molar-refractivity contribution is 6.51. The topological polar surface area (TPSA) is 66.8 Å². The Hall–Kier alpha value is -4.38. The third kappa shape index (κ3) is 4.16. The number of aliphatic hydroxyl groups excluding tert-OH is 1. The normalized spacial score (nSPS) is 17.4. The van der Waals surface area contributed by atoms with Crippen molar-refractivity contribution < 1.29 is 19.4 Å². The van der Waals surface area contributed by atoms with Crippen LogP contribution in [0.5, 0.6) is 5.75 Å². The summed E-state index contributed by atoms with van der Waals surface area (Å²) in [4.78, 5) is 28.6. The Kier molecular flexibility index (Phi) is 6.08. The Morgan fingerprint density at radius 1 is 0.838 bits per heavy atom. The molecule has 1 unspecified atom stereocenters. The number of nitrogens with zero attached hydrogens (tertiary/aromatic N) is 1. The van der Waals surface area contributed by atoms with Crippen LogP contribution in [0.2, 0.25) is 0 Å². The van der Waals surface area contributed by atoms with E-state index in [4.69, 9.17) is 4.74 Å². The molecule has 1 saturated heterocycles. The Labute approximate surface area is 216 Å². The molecule has 1 amide bonds. The van der Waals surface area contributed by atoms with E-state index < -0.39 is 17.7 Å². The minimum atomic E-state index is -0.865. The molecule has 5 heteroatoms. The largest absolute Gasteiger partial charge is 0.507 e. The second-order valence-corrected chi connectivity index (χ2v) is 10.2. The third-order valence-electron chi connectivity index (χ3n) is 6.93. The molecule has 4 aromatic carbocycles. The number of aliphatic hydroxyl groups is 1. The van der Waals surface area contributed by atoms with Crippen molar-refractivity contribution >= 4 is 33.9 Å². The lowest BCUT2D eigenvalue weighted by Gasteiger charge is -2.27. The van der Waals surface area contributed by atoms with Gasteiger partial charge < -0.3 is 9.84 Å². The first kappa shape index (κ1) is 24.3. The summed E-state index contributed by atoms with van der Waals surface area (Å²) in [7, 11) is 1.55. The third-order valence-corrected chi connectivity index (χ3v) is 6.93. The molecule has 0 radical (unpaired) electrons. The maximum Gasteiger partial charge on any atom is 0.300 e. The number of ketones is 1. The number of carbonyl (C=O) groups is 2. The minimum Gasteiger partial charge on any atom is -0.507 e. The molecule has 1 aliphatic heterocycles. The molecule has 1 atom stereocenters. The first-order valence-corrected chi connectivity index (χ1v) is 12.2. The molecule has 5 nitrogen and oxygen atoms in total. The molecule has 0 spiro atoms. The molecule has 0 saturated carbocycles. The van der Waals surface area contributed by atoms with E-state index in [0.29, 0.717) is 22.6 Å². The van der Waals surface area contributed by atoms with E-state index in [1.54, 1.807) is 19.2 Å². The number of anilines is 1. The first-order valence-electron chi connectivity index (χ1n) is 12.2. The smallest absolute Gasteiger partial charge is 0.300 e. The molecular weight excluding hydrogens is 462 g/mol. The molecule has 5 rings (SSSR count). The van der Waals surface area contributed by atoms with Crippen LogP contribution in [0.3, 0.4) is 0 Å². The fourth-order valence-corrected chi connectivity index (χ4v) is 4.98. The SMILES string of the molecule is COc1ccccc1C1/C(=C(\O)c2cccc3ccccc23)C(=O)C(=O)N1c1ccc(C(C)(C)C)cc1. The predicted molar refractivity (Wildman–Crippen MR) is 147 cm³/mol. The monoisotopic (exact) mass is 491 g/mol. The first-order chi connectivity index (χ1) is 17.7. The van der Waals surface area contributed by atoms with Gasteiger partial charge in [0.1, 0.15) is 11.5 Å². The van der Waals surface area contributed by atoms with Gasteiger partial charge in [-0.25, -0.2) is 0 Å². The predicted octanol–water partition coefficient (Wildman–Crippen LogP) is 6.77. The van der Waals surface area contributed by atoms with Crippen LogP contribution in [0.4, 0.5) is 5.69 Å². The van der Waals surface area contributed by atoms with Gasteiger partial charge in [0.2, 0.25) is 0 Å². The molecule has 1 aliphatic rings. The molecule has 186 valence electrons. The van der Waals surface area contributed by atoms with Crippen LogP contribution >= 0.6 is 0 Å². The Morgan fingerprint density at radius 3 is 2.19 bits per heavy atom. The number of benzene rings is 4. The highest BCUT2D eigenvalue weighted by Gasteiger charge is 2.48. The van der Waals surface area contributed by atoms with Gasteiger partial charge in [-0.2, -0.15) is 0 Å². The maximum absolute atomic E-state index is 13.6. The number of carbonyl (C=O) groups excluding carboxylic acids is 2. The standard InChI is InChI=1S/C32H29NO4/c1-32(2,3)21-16-18-22(19-17-21)33-28(25-13-7-8-15-26(25)37-4)27(30(35)31(33)36)29(34)24-14-9-11-20-10-5-6-12-23(20)24/h5-19,28,34H,1-4H3/b29-27+. The van der Waals surface area contributed by atoms with Gasteiger partial charge in [-0.15, -0.1) is 0 Å². The second kappa shape index (κ2) is 9.25. The maximum atomic E-state index is 13.6. The van der Waals surface area contributed by atoms with Gasteiger partial charge in [-0.3, -0.25) is 14.5 Å². The van der Waals surface area contributed by atoms with Crippen molar-refractivity contribution in [2.45, 2.75) is 32.2 Å². The van der Waals surface area contributed by atoms with Crippen molar-refractivity contribution in [3.05, 3.63) is 113 Å². The van der Waals surface area contributed by atoms with Crippen LogP contribution in [0, 0.1) is 0 Å². The van der Waals surface area contributed by atoms with Gasteiger partial charge in [0, 0.05) is 16.8 Å². The van der Waals surface area contributed by atoms with Crippen molar-refractivity contribution in [1.29, 1.82) is 0 Å². The number of amides is 1. The van der Waals surface area contributed by atoms with E-state index in [-0.39, 0.29) is 16.7 Å². The van der Waals surface area contributed by atoms with Gasteiger partial charge in [0.15, 0.2) is 0 Å². The lowest BCUT2D eigenvalue weighted by atomic mass is 9.87. The van der Waals surface area contributed by atoms with E-state index in [2.05, 4.69) is 20.8 Å². The van der Waals surface area contributed by atoms with Crippen molar-refractivity contribution in [2.75, 3.05) is 12.0 Å². The molecule has 0 aromatic heterocycles. The van der Waals surface area contributed by atoms with Gasteiger partial charge in [0.05, 0.1) is 18.7 Å². The van der Waals surface area contributed by atoms with Crippen LogP contribution in [0.1, 0.15) is 43.5 Å². The number of fused-ring (bicyclic) bond motifs is 1. The second-order valence-electron chi connectivity index (χ2n) is 10.2. The molecule has 1 fully saturated rings. The zero-order valence-corrected chi connectivity index (χ0v) is 21.4. The molecule has 1 heterocycles. The van der Waals surface area contributed by atoms with Gasteiger partial charge in [-0.1, -0.05) is 93.6 Å². The van der Waals surface area contributed by atoms with E-state index in [1.165, 1.54) is 4.90 Å². The van der Waals surface area contributed by atoms with Crippen LogP contribution in [-0.4, -0.2) is 23.9 Å². The van der Waals surface area contributed by atoms with Crippen LogP contribution in [0.25, 0.3) is 16.5 Å². The highest BCUT2D eigenvalue weighted by Crippen LogP contribution is 2.45. The van der Waals surface area contributed by atoms with E-state index in [9.17, 15) is 14.7 Å². The molecule has 37 heavy (non-hydrogen) atoms. The van der Waals surface area contributed by atoms with Gasteiger partial charge in [-0.05, 0) is 39.9 Å². The van der Waals surface area contributed by atoms with Crippen molar-refractivity contribution in [3.8, 4) is 5.75 Å². The zero-order chi connectivity index (χ0) is 26.3. The average Bonchev–Trinajstić information content (AvgIpc) is 3.17. The molecule has 0 bridgehead atoms. The summed E-state index contributed by atoms with van der Waals surface area (Å²) in [6, 6.07) is 27.2. The quantitative estimate of drug-likeness (QED) is 0.194.